The van der Waals surface area contributed by atoms with Crippen molar-refractivity contribution in [2.75, 3.05) is 0 Å². The molecule has 5 nitrogen and oxygen atoms in total. The van der Waals surface area contributed by atoms with Crippen molar-refractivity contribution in [1.82, 2.24) is 10.3 Å². The minimum absolute atomic E-state index is 0.149. The molecule has 7 heteroatoms. The van der Waals surface area contributed by atoms with Crippen molar-refractivity contribution in [1.29, 1.82) is 0 Å². The third kappa shape index (κ3) is 4.65. The molecule has 0 bridgehead atoms. The predicted octanol–water partition coefficient (Wildman–Crippen LogP) is 4.10. The highest BCUT2D eigenvalue weighted by Gasteiger charge is 2.25. The number of H-pyrrole nitrogens is 1. The van der Waals surface area contributed by atoms with E-state index in [-0.39, 0.29) is 11.8 Å². The topological polar surface area (TPSA) is 75.0 Å². The molecular weight excluding hydrogens is 419 g/mol. The van der Waals surface area contributed by atoms with E-state index in [2.05, 4.69) is 10.3 Å². The first-order valence-corrected chi connectivity index (χ1v) is 10.3. The number of carbonyl (C=O) groups excluding carboxylic acids is 1. The van der Waals surface area contributed by atoms with Gasteiger partial charge in [-0.1, -0.05) is 53.5 Å². The Morgan fingerprint density at radius 3 is 2.33 bits per heavy atom. The van der Waals surface area contributed by atoms with E-state index >= 15 is 0 Å². The highest BCUT2D eigenvalue weighted by molar-refractivity contribution is 6.30. The number of nitrogens with zero attached hydrogens (tertiary/aromatic N) is 1. The Morgan fingerprint density at radius 2 is 1.67 bits per heavy atom. The molecule has 2 heterocycles. The van der Waals surface area contributed by atoms with Crippen LogP contribution in [0.3, 0.4) is 0 Å². The van der Waals surface area contributed by atoms with Crippen LogP contribution in [0.25, 0.3) is 5.65 Å². The molecule has 2 aromatic carbocycles. The molecule has 2 aromatic heterocycles. The summed E-state index contributed by atoms with van der Waals surface area (Å²) in [6.07, 6.45) is 3.65. The summed E-state index contributed by atoms with van der Waals surface area (Å²) in [5.41, 5.74) is 9.82. The summed E-state index contributed by atoms with van der Waals surface area (Å²) in [5.74, 6) is -0.411. The number of benzene rings is 2. The maximum absolute atomic E-state index is 12.8. The molecule has 0 spiro atoms. The lowest BCUT2D eigenvalue weighted by atomic mass is 9.89. The summed E-state index contributed by atoms with van der Waals surface area (Å²) in [7, 11) is 0. The minimum Gasteiger partial charge on any atom is -0.333 e. The molecule has 0 saturated carbocycles. The average Bonchev–Trinajstić information content (AvgIpc) is 3.18. The van der Waals surface area contributed by atoms with E-state index in [0.717, 1.165) is 16.8 Å². The fourth-order valence-electron chi connectivity index (χ4n) is 3.47. The molecule has 0 fully saturated rings. The summed E-state index contributed by atoms with van der Waals surface area (Å²) in [4.78, 5) is 15.9. The number of rotatable bonds is 6. The Labute approximate surface area is 184 Å². The largest absolute Gasteiger partial charge is 0.333 e. The number of hydrogen-bond acceptors (Lipinski definition) is 2. The van der Waals surface area contributed by atoms with Crippen molar-refractivity contribution in [2.24, 2.45) is 5.73 Å². The second-order valence-electron chi connectivity index (χ2n) is 7.15. The number of amides is 1. The summed E-state index contributed by atoms with van der Waals surface area (Å²) >= 11 is 12.1. The van der Waals surface area contributed by atoms with Gasteiger partial charge in [0, 0.05) is 22.0 Å². The molecular formula is C23H21Cl2N4O+. The molecule has 0 aliphatic heterocycles. The van der Waals surface area contributed by atoms with E-state index in [1.54, 1.807) is 6.20 Å². The van der Waals surface area contributed by atoms with Gasteiger partial charge in [-0.25, -0.2) is 9.38 Å². The van der Waals surface area contributed by atoms with Crippen LogP contribution in [0, 0.1) is 0 Å². The molecule has 4 rings (SSSR count). The molecule has 30 heavy (non-hydrogen) atoms. The maximum Gasteiger partial charge on any atom is 0.296 e. The Kier molecular flexibility index (Phi) is 6.04. The highest BCUT2D eigenvalue weighted by atomic mass is 35.5. The third-order valence-corrected chi connectivity index (χ3v) is 5.57. The number of pyridine rings is 1. The lowest BCUT2D eigenvalue weighted by molar-refractivity contribution is -0.510. The molecule has 1 unspecified atom stereocenters. The van der Waals surface area contributed by atoms with Gasteiger partial charge in [0.2, 0.25) is 5.69 Å². The molecule has 4 aromatic rings. The molecule has 0 saturated heterocycles. The molecule has 1 amide bonds. The Morgan fingerprint density at radius 1 is 1.00 bits per heavy atom. The van der Waals surface area contributed by atoms with Crippen LogP contribution in [0.1, 0.15) is 27.5 Å². The normalized spacial score (nSPS) is 13.2. The Bertz CT molecular complexity index is 1120. The Balaban J connectivity index is 1.57. The van der Waals surface area contributed by atoms with Crippen LogP contribution in [0.4, 0.5) is 0 Å². The highest BCUT2D eigenvalue weighted by Crippen LogP contribution is 2.25. The predicted molar refractivity (Wildman–Crippen MR) is 119 cm³/mol. The number of carbonyl (C=O) groups is 1. The van der Waals surface area contributed by atoms with E-state index in [4.69, 9.17) is 28.9 Å². The van der Waals surface area contributed by atoms with Gasteiger partial charge in [-0.2, -0.15) is 0 Å². The van der Waals surface area contributed by atoms with E-state index in [0.29, 0.717) is 22.2 Å². The van der Waals surface area contributed by atoms with Crippen LogP contribution >= 0.6 is 23.2 Å². The number of aromatic amines is 1. The number of imidazole rings is 1. The summed E-state index contributed by atoms with van der Waals surface area (Å²) in [6.45, 7) is 0. The van der Waals surface area contributed by atoms with Crippen molar-refractivity contribution >= 4 is 34.8 Å². The summed E-state index contributed by atoms with van der Waals surface area (Å²) < 4.78 is 1.85. The third-order valence-electron chi connectivity index (χ3n) is 5.06. The van der Waals surface area contributed by atoms with Gasteiger partial charge in [-0.15, -0.1) is 0 Å². The summed E-state index contributed by atoms with van der Waals surface area (Å²) in [6, 6.07) is 20.9. The van der Waals surface area contributed by atoms with Crippen molar-refractivity contribution in [3.63, 3.8) is 0 Å². The first kappa shape index (κ1) is 20.4. The van der Waals surface area contributed by atoms with Crippen LogP contribution in [0.5, 0.6) is 0 Å². The fourth-order valence-corrected chi connectivity index (χ4v) is 3.72. The van der Waals surface area contributed by atoms with Gasteiger partial charge in [0.15, 0.2) is 0 Å². The number of aromatic nitrogens is 2. The molecule has 2 atom stereocenters. The fraction of sp³-hybridized carbons (Fsp3) is 0.130. The van der Waals surface area contributed by atoms with Crippen LogP contribution < -0.4 is 15.5 Å². The molecule has 0 aliphatic carbocycles. The monoisotopic (exact) mass is 439 g/mol. The molecule has 0 aliphatic rings. The SMILES string of the molecule is NC(NC(=O)c1c[n+]2ccccc2[nH]1)[C@H](Cc1ccc(Cl)cc1)c1ccc(Cl)cc1. The number of halogens is 2. The van der Waals surface area contributed by atoms with Crippen LogP contribution in [-0.4, -0.2) is 17.1 Å². The lowest BCUT2D eigenvalue weighted by Gasteiger charge is -2.25. The number of nitrogens with one attached hydrogen (secondary N) is 2. The summed E-state index contributed by atoms with van der Waals surface area (Å²) in [5, 5.41) is 4.26. The van der Waals surface area contributed by atoms with Gasteiger partial charge in [0.05, 0.1) is 12.4 Å². The zero-order valence-corrected chi connectivity index (χ0v) is 17.6. The zero-order chi connectivity index (χ0) is 21.1. The molecule has 152 valence electrons. The van der Waals surface area contributed by atoms with Crippen molar-refractivity contribution in [3.05, 3.63) is 106 Å². The second kappa shape index (κ2) is 8.88. The van der Waals surface area contributed by atoms with Crippen molar-refractivity contribution in [3.8, 4) is 0 Å². The van der Waals surface area contributed by atoms with Gasteiger partial charge < -0.3 is 11.1 Å². The van der Waals surface area contributed by atoms with Crippen molar-refractivity contribution in [2.45, 2.75) is 18.5 Å². The van der Waals surface area contributed by atoms with Crippen LogP contribution in [0.2, 0.25) is 10.0 Å². The minimum atomic E-state index is -0.606. The van der Waals surface area contributed by atoms with Gasteiger partial charge in [-0.05, 0) is 47.9 Å². The number of nitrogens with two attached hydrogens (primary N) is 1. The van der Waals surface area contributed by atoms with E-state index in [9.17, 15) is 4.79 Å². The second-order valence-corrected chi connectivity index (χ2v) is 8.02. The van der Waals surface area contributed by atoms with E-state index in [1.807, 2.05) is 77.3 Å². The maximum atomic E-state index is 12.8. The lowest BCUT2D eigenvalue weighted by Crippen LogP contribution is -2.46. The quantitative estimate of drug-likeness (QED) is 0.312. The smallest absolute Gasteiger partial charge is 0.296 e. The molecule has 4 N–H and O–H groups in total. The zero-order valence-electron chi connectivity index (χ0n) is 16.1. The number of fused-ring (bicyclic) bond motifs is 1. The van der Waals surface area contributed by atoms with Gasteiger partial charge in [0.25, 0.3) is 11.6 Å². The molecule has 0 radical (unpaired) electrons. The van der Waals surface area contributed by atoms with Crippen LogP contribution in [-0.2, 0) is 6.42 Å². The first-order valence-electron chi connectivity index (χ1n) is 9.55. The van der Waals surface area contributed by atoms with Gasteiger partial charge >= 0.3 is 0 Å². The number of hydrogen-bond donors (Lipinski definition) is 3. The Hall–Kier alpha value is -2.86. The van der Waals surface area contributed by atoms with Crippen molar-refractivity contribution < 1.29 is 9.20 Å². The van der Waals surface area contributed by atoms with E-state index < -0.39 is 6.17 Å². The van der Waals surface area contributed by atoms with Gasteiger partial charge in [-0.3, -0.25) is 4.79 Å². The van der Waals surface area contributed by atoms with Crippen LogP contribution in [0.15, 0.2) is 79.1 Å². The van der Waals surface area contributed by atoms with E-state index in [1.165, 1.54) is 0 Å². The first-order chi connectivity index (χ1) is 14.5. The van der Waals surface area contributed by atoms with Gasteiger partial charge in [0.1, 0.15) is 6.20 Å². The average molecular weight is 440 g/mol. The standard InChI is InChI=1S/C23H20Cl2N4O/c24-17-8-4-15(5-9-17)13-19(16-6-10-18(25)11-7-16)22(26)28-23(30)20-14-29-12-2-1-3-21(29)27-20/h1-12,14,19,22H,13,26H2,(H,28,30)/p+1/t19-,22?/m1/s1.